The van der Waals surface area contributed by atoms with Gasteiger partial charge in [-0.1, -0.05) is 39.0 Å². The summed E-state index contributed by atoms with van der Waals surface area (Å²) < 4.78 is 4.69. The van der Waals surface area contributed by atoms with Gasteiger partial charge in [0.15, 0.2) is 0 Å². The summed E-state index contributed by atoms with van der Waals surface area (Å²) in [6.45, 7) is 6.67. The molecule has 3 nitrogen and oxygen atoms in total. The monoisotopic (exact) mass is 353 g/mol. The number of fused-ring (bicyclic) bond motifs is 1. The summed E-state index contributed by atoms with van der Waals surface area (Å²) >= 11 is 1.49. The van der Waals surface area contributed by atoms with E-state index in [1.54, 1.807) is 0 Å². The van der Waals surface area contributed by atoms with Crippen LogP contribution in [0.25, 0.3) is 22.2 Å². The molecule has 1 N–H and O–H groups in total. The zero-order chi connectivity index (χ0) is 18.0. The minimum absolute atomic E-state index is 0.125. The Morgan fingerprint density at radius 3 is 2.64 bits per heavy atom. The second kappa shape index (κ2) is 6.96. The number of methoxy groups -OCH3 is 1. The molecule has 0 unspecified atom stereocenters. The zero-order valence-corrected chi connectivity index (χ0v) is 15.9. The third-order valence-electron chi connectivity index (χ3n) is 4.22. The number of hydrogen-bond acceptors (Lipinski definition) is 3. The summed E-state index contributed by atoms with van der Waals surface area (Å²) in [6.07, 6.45) is 0. The molecule has 0 saturated carbocycles. The van der Waals surface area contributed by atoms with E-state index in [4.69, 9.17) is 4.74 Å². The fourth-order valence-electron chi connectivity index (χ4n) is 2.71. The first-order chi connectivity index (χ1) is 11.9. The maximum atomic E-state index is 11.3. The zero-order valence-electron chi connectivity index (χ0n) is 15.1. The van der Waals surface area contributed by atoms with Gasteiger partial charge in [0.25, 0.3) is 0 Å². The number of ether oxygens (including phenoxy) is 1. The highest BCUT2D eigenvalue weighted by atomic mass is 32.2. The van der Waals surface area contributed by atoms with E-state index in [9.17, 15) is 4.79 Å². The quantitative estimate of drug-likeness (QED) is 0.504. The molecule has 0 saturated heterocycles. The van der Waals surface area contributed by atoms with Crippen molar-refractivity contribution in [2.45, 2.75) is 31.1 Å². The number of esters is 1. The Morgan fingerprint density at radius 1 is 1.12 bits per heavy atom. The topological polar surface area (TPSA) is 42.1 Å². The van der Waals surface area contributed by atoms with Crippen molar-refractivity contribution >= 4 is 28.6 Å². The molecule has 0 fully saturated rings. The number of aromatic amines is 1. The molecule has 0 aliphatic heterocycles. The minimum atomic E-state index is -0.209. The molecule has 25 heavy (non-hydrogen) atoms. The molecule has 0 spiro atoms. The molecule has 1 aromatic heterocycles. The average Bonchev–Trinajstić information content (AvgIpc) is 3.02. The molecular weight excluding hydrogens is 330 g/mol. The van der Waals surface area contributed by atoms with Gasteiger partial charge < -0.3 is 9.72 Å². The Morgan fingerprint density at radius 2 is 1.92 bits per heavy atom. The number of aromatic nitrogens is 1. The highest BCUT2D eigenvalue weighted by molar-refractivity contribution is 8.00. The van der Waals surface area contributed by atoms with Crippen molar-refractivity contribution in [2.75, 3.05) is 12.9 Å². The third-order valence-corrected chi connectivity index (χ3v) is 5.18. The molecule has 0 aliphatic rings. The van der Waals surface area contributed by atoms with Crippen molar-refractivity contribution in [3.8, 4) is 11.3 Å². The molecule has 0 radical (unpaired) electrons. The Bertz CT molecular complexity index is 906. The van der Waals surface area contributed by atoms with E-state index in [1.165, 1.54) is 30.0 Å². The van der Waals surface area contributed by atoms with Crippen LogP contribution in [0.1, 0.15) is 26.3 Å². The smallest absolute Gasteiger partial charge is 0.315 e. The van der Waals surface area contributed by atoms with Crippen LogP contribution >= 0.6 is 11.8 Å². The maximum absolute atomic E-state index is 11.3. The van der Waals surface area contributed by atoms with Crippen molar-refractivity contribution in [1.82, 2.24) is 4.98 Å². The van der Waals surface area contributed by atoms with Crippen LogP contribution in [0, 0.1) is 0 Å². The highest BCUT2D eigenvalue weighted by Crippen LogP contribution is 2.31. The number of H-pyrrole nitrogens is 1. The van der Waals surface area contributed by atoms with E-state index in [0.29, 0.717) is 5.75 Å². The van der Waals surface area contributed by atoms with Crippen LogP contribution in [0.15, 0.2) is 53.4 Å². The number of carbonyl (C=O) groups is 1. The molecule has 130 valence electrons. The molecule has 3 aromatic rings. The van der Waals surface area contributed by atoms with Crippen LogP contribution in [-0.2, 0) is 14.9 Å². The van der Waals surface area contributed by atoms with Crippen molar-refractivity contribution < 1.29 is 9.53 Å². The molecule has 0 amide bonds. The first-order valence-electron chi connectivity index (χ1n) is 8.30. The largest absolute Gasteiger partial charge is 0.468 e. The van der Waals surface area contributed by atoms with Gasteiger partial charge in [-0.2, -0.15) is 0 Å². The normalized spacial score (nSPS) is 11.7. The third kappa shape index (κ3) is 4.07. The number of nitrogens with one attached hydrogen (secondary N) is 1. The van der Waals surface area contributed by atoms with E-state index in [1.807, 2.05) is 6.07 Å². The Balaban J connectivity index is 1.90. The Kier molecular flexibility index (Phi) is 4.91. The summed E-state index contributed by atoms with van der Waals surface area (Å²) in [6, 6.07) is 17.0. The van der Waals surface area contributed by atoms with Crippen molar-refractivity contribution in [2.24, 2.45) is 0 Å². The second-order valence-corrected chi connectivity index (χ2v) is 8.18. The molecule has 0 atom stereocenters. The lowest BCUT2D eigenvalue weighted by atomic mass is 9.86. The second-order valence-electron chi connectivity index (χ2n) is 7.13. The molecule has 0 bridgehead atoms. The molecule has 3 rings (SSSR count). The van der Waals surface area contributed by atoms with E-state index in [0.717, 1.165) is 21.5 Å². The minimum Gasteiger partial charge on any atom is -0.468 e. The maximum Gasteiger partial charge on any atom is 0.315 e. The van der Waals surface area contributed by atoms with E-state index in [-0.39, 0.29) is 11.4 Å². The van der Waals surface area contributed by atoms with Gasteiger partial charge in [-0.05, 0) is 46.9 Å². The lowest BCUT2D eigenvalue weighted by Crippen LogP contribution is -2.10. The van der Waals surface area contributed by atoms with E-state index < -0.39 is 0 Å². The van der Waals surface area contributed by atoms with Gasteiger partial charge in [0.05, 0.1) is 12.9 Å². The van der Waals surface area contributed by atoms with E-state index >= 15 is 0 Å². The molecule has 4 heteroatoms. The number of hydrogen-bond donors (Lipinski definition) is 1. The molecule has 0 aliphatic carbocycles. The first kappa shape index (κ1) is 17.6. The van der Waals surface area contributed by atoms with Crippen molar-refractivity contribution in [1.29, 1.82) is 0 Å². The first-order valence-corrected chi connectivity index (χ1v) is 9.29. The fraction of sp³-hybridized carbons (Fsp3) is 0.286. The fourth-order valence-corrected chi connectivity index (χ4v) is 3.49. The molecule has 2 aromatic carbocycles. The summed E-state index contributed by atoms with van der Waals surface area (Å²) in [4.78, 5) is 15.9. The predicted octanol–water partition coefficient (Wildman–Crippen LogP) is 5.40. The summed E-state index contributed by atoms with van der Waals surface area (Å²) in [7, 11) is 1.41. The van der Waals surface area contributed by atoms with Crippen LogP contribution in [0.5, 0.6) is 0 Å². The SMILES string of the molecule is COC(=O)CSc1ccc2[nH]c(-c3cccc(C(C)(C)C)c3)cc2c1. The van der Waals surface area contributed by atoms with Crippen molar-refractivity contribution in [3.05, 3.63) is 54.1 Å². The van der Waals surface area contributed by atoms with Gasteiger partial charge in [0.1, 0.15) is 0 Å². The van der Waals surface area contributed by atoms with Gasteiger partial charge >= 0.3 is 5.97 Å². The van der Waals surface area contributed by atoms with Gasteiger partial charge in [-0.25, -0.2) is 0 Å². The van der Waals surface area contributed by atoms with Crippen LogP contribution < -0.4 is 0 Å². The summed E-state index contributed by atoms with van der Waals surface area (Å²) in [5.41, 5.74) is 4.83. The molecule has 1 heterocycles. The summed E-state index contributed by atoms with van der Waals surface area (Å²) in [5.74, 6) is 0.117. The number of thioether (sulfide) groups is 1. The Hall–Kier alpha value is -2.20. The highest BCUT2D eigenvalue weighted by Gasteiger charge is 2.14. The van der Waals surface area contributed by atoms with Gasteiger partial charge in [0.2, 0.25) is 0 Å². The van der Waals surface area contributed by atoms with Crippen LogP contribution in [0.3, 0.4) is 0 Å². The number of carbonyl (C=O) groups excluding carboxylic acids is 1. The van der Waals surface area contributed by atoms with E-state index in [2.05, 4.69) is 68.2 Å². The average molecular weight is 353 g/mol. The lowest BCUT2D eigenvalue weighted by molar-refractivity contribution is -0.137. The van der Waals surface area contributed by atoms with Gasteiger partial charge in [-0.15, -0.1) is 11.8 Å². The lowest BCUT2D eigenvalue weighted by Gasteiger charge is -2.19. The number of rotatable bonds is 4. The standard InChI is InChI=1S/C21H23NO2S/c1-21(2,3)16-7-5-6-14(10-16)19-12-15-11-17(8-9-18(15)22-19)25-13-20(23)24-4/h5-12,22H,13H2,1-4H3. The van der Waals surface area contributed by atoms with Gasteiger partial charge in [0, 0.05) is 21.5 Å². The Labute approximate surface area is 152 Å². The van der Waals surface area contributed by atoms with Crippen molar-refractivity contribution in [3.63, 3.8) is 0 Å². The molecular formula is C21H23NO2S. The van der Waals surface area contributed by atoms with Gasteiger partial charge in [-0.3, -0.25) is 4.79 Å². The van der Waals surface area contributed by atoms with Crippen LogP contribution in [-0.4, -0.2) is 23.8 Å². The summed E-state index contributed by atoms with van der Waals surface area (Å²) in [5, 5.41) is 1.14. The van der Waals surface area contributed by atoms with Crippen LogP contribution in [0.2, 0.25) is 0 Å². The number of benzene rings is 2. The van der Waals surface area contributed by atoms with Crippen LogP contribution in [0.4, 0.5) is 0 Å². The predicted molar refractivity (Wildman–Crippen MR) is 105 cm³/mol.